The van der Waals surface area contributed by atoms with Crippen molar-refractivity contribution in [3.8, 4) is 0 Å². The molecule has 1 aliphatic heterocycles. The Morgan fingerprint density at radius 1 is 1.27 bits per heavy atom. The van der Waals surface area contributed by atoms with Crippen LogP contribution in [0.4, 0.5) is 24.7 Å². The molecule has 0 saturated carbocycles. The molecule has 0 unspecified atom stereocenters. The van der Waals surface area contributed by atoms with Crippen molar-refractivity contribution in [3.05, 3.63) is 70.6 Å². The average molecular weight is 436 g/mol. The molecule has 0 saturated heterocycles. The maximum atomic E-state index is 13.8. The van der Waals surface area contributed by atoms with Crippen molar-refractivity contribution in [1.82, 2.24) is 14.8 Å². The number of anilines is 2. The van der Waals surface area contributed by atoms with Crippen molar-refractivity contribution in [2.75, 3.05) is 10.6 Å². The van der Waals surface area contributed by atoms with Gasteiger partial charge in [-0.1, -0.05) is 41.4 Å². The summed E-state index contributed by atoms with van der Waals surface area (Å²) >= 11 is 5.93. The van der Waals surface area contributed by atoms with Gasteiger partial charge in [-0.15, -0.1) is 0 Å². The summed E-state index contributed by atoms with van der Waals surface area (Å²) in [6.07, 6.45) is -3.31. The molecule has 4 rings (SSSR count). The number of fused-ring (bicyclic) bond motifs is 1. The standard InChI is InChI=1S/C20H17ClF3N5O/c1-11-4-6-12(7-5-11)14-9-16(20(22,23)24)29-17(26-14)10-15(28-29)19(30)27-13-3-2-8-25-18(13)21/h2-8,10,14,16,26H,9H2,1H3,(H,27,30)/t14-,16-/m1/s1. The summed E-state index contributed by atoms with van der Waals surface area (Å²) in [5.41, 5.74) is 1.83. The molecular formula is C20H17ClF3N5O. The number of pyridine rings is 1. The third-order valence-corrected chi connectivity index (χ3v) is 5.21. The third-order valence-electron chi connectivity index (χ3n) is 4.91. The number of carbonyl (C=O) groups excluding carboxylic acids is 1. The van der Waals surface area contributed by atoms with E-state index in [-0.39, 0.29) is 28.8 Å². The lowest BCUT2D eigenvalue weighted by molar-refractivity contribution is -0.173. The van der Waals surface area contributed by atoms with Crippen LogP contribution >= 0.6 is 11.6 Å². The molecule has 10 heteroatoms. The van der Waals surface area contributed by atoms with E-state index in [1.165, 1.54) is 18.3 Å². The van der Waals surface area contributed by atoms with E-state index < -0.39 is 24.2 Å². The normalized spacial score (nSPS) is 18.4. The van der Waals surface area contributed by atoms with Gasteiger partial charge >= 0.3 is 6.18 Å². The fourth-order valence-electron chi connectivity index (χ4n) is 3.37. The van der Waals surface area contributed by atoms with Gasteiger partial charge in [0.25, 0.3) is 5.91 Å². The number of halogens is 4. The lowest BCUT2D eigenvalue weighted by atomic mass is 9.96. The number of carbonyl (C=O) groups is 1. The molecule has 0 aliphatic carbocycles. The molecule has 0 spiro atoms. The van der Waals surface area contributed by atoms with Gasteiger partial charge in [0.15, 0.2) is 16.9 Å². The molecule has 30 heavy (non-hydrogen) atoms. The van der Waals surface area contributed by atoms with Crippen molar-refractivity contribution in [1.29, 1.82) is 0 Å². The van der Waals surface area contributed by atoms with E-state index in [0.29, 0.717) is 0 Å². The molecule has 3 aromatic rings. The lowest BCUT2D eigenvalue weighted by Crippen LogP contribution is -2.35. The number of nitrogens with one attached hydrogen (secondary N) is 2. The zero-order valence-electron chi connectivity index (χ0n) is 15.7. The van der Waals surface area contributed by atoms with Crippen LogP contribution in [0.25, 0.3) is 0 Å². The van der Waals surface area contributed by atoms with Gasteiger partial charge in [0, 0.05) is 18.7 Å². The Balaban J connectivity index is 1.65. The van der Waals surface area contributed by atoms with Crippen LogP contribution in [0.2, 0.25) is 5.15 Å². The minimum Gasteiger partial charge on any atom is -0.363 e. The van der Waals surface area contributed by atoms with Crippen LogP contribution in [0.15, 0.2) is 48.7 Å². The summed E-state index contributed by atoms with van der Waals surface area (Å²) in [6, 6.07) is 9.28. The van der Waals surface area contributed by atoms with Crippen molar-refractivity contribution in [2.45, 2.75) is 31.6 Å². The molecule has 2 aromatic heterocycles. The number of amides is 1. The smallest absolute Gasteiger partial charge is 0.363 e. The molecule has 2 N–H and O–H groups in total. The van der Waals surface area contributed by atoms with E-state index in [0.717, 1.165) is 15.8 Å². The van der Waals surface area contributed by atoms with E-state index in [2.05, 4.69) is 20.7 Å². The molecule has 2 atom stereocenters. The van der Waals surface area contributed by atoms with Gasteiger partial charge in [-0.3, -0.25) is 4.79 Å². The molecule has 0 radical (unpaired) electrons. The molecule has 156 valence electrons. The van der Waals surface area contributed by atoms with Gasteiger partial charge in [-0.05, 0) is 24.6 Å². The van der Waals surface area contributed by atoms with Crippen LogP contribution < -0.4 is 10.6 Å². The number of rotatable bonds is 3. The zero-order chi connectivity index (χ0) is 21.5. The summed E-state index contributed by atoms with van der Waals surface area (Å²) < 4.78 is 42.1. The Bertz CT molecular complexity index is 1080. The highest BCUT2D eigenvalue weighted by Gasteiger charge is 2.46. The van der Waals surface area contributed by atoms with Crippen molar-refractivity contribution in [3.63, 3.8) is 0 Å². The fraction of sp³-hybridized carbons (Fsp3) is 0.250. The summed E-state index contributed by atoms with van der Waals surface area (Å²) in [5, 5.41) is 9.58. The maximum absolute atomic E-state index is 13.8. The summed E-state index contributed by atoms with van der Waals surface area (Å²) in [4.78, 5) is 16.4. The Hall–Kier alpha value is -3.07. The second-order valence-corrected chi connectivity index (χ2v) is 7.41. The Labute approximate surface area is 175 Å². The number of aryl methyl sites for hydroxylation is 1. The number of benzene rings is 1. The molecule has 3 heterocycles. The minimum absolute atomic E-state index is 0.0700. The van der Waals surface area contributed by atoms with E-state index >= 15 is 0 Å². The van der Waals surface area contributed by atoms with E-state index in [1.807, 2.05) is 19.1 Å². The third kappa shape index (κ3) is 3.97. The molecule has 6 nitrogen and oxygen atoms in total. The Kier molecular flexibility index (Phi) is 5.15. The zero-order valence-corrected chi connectivity index (χ0v) is 16.5. The van der Waals surface area contributed by atoms with Crippen molar-refractivity contribution < 1.29 is 18.0 Å². The molecule has 1 amide bonds. The summed E-state index contributed by atoms with van der Waals surface area (Å²) in [7, 11) is 0. The van der Waals surface area contributed by atoms with Crippen LogP contribution in [0.3, 0.4) is 0 Å². The first-order chi connectivity index (χ1) is 14.2. The number of alkyl halides is 3. The SMILES string of the molecule is Cc1ccc([C@H]2C[C@H](C(F)(F)F)n3nc(C(=O)Nc4cccnc4Cl)cc3N2)cc1. The van der Waals surface area contributed by atoms with E-state index in [4.69, 9.17) is 11.6 Å². The highest BCUT2D eigenvalue weighted by Crippen LogP contribution is 2.43. The van der Waals surface area contributed by atoms with Crippen LogP contribution in [0.5, 0.6) is 0 Å². The highest BCUT2D eigenvalue weighted by atomic mass is 35.5. The monoisotopic (exact) mass is 435 g/mol. The van der Waals surface area contributed by atoms with Crippen LogP contribution in [-0.2, 0) is 0 Å². The molecule has 0 bridgehead atoms. The quantitative estimate of drug-likeness (QED) is 0.558. The summed E-state index contributed by atoms with van der Waals surface area (Å²) in [5.74, 6) is -0.557. The number of hydrogen-bond acceptors (Lipinski definition) is 4. The number of nitrogens with zero attached hydrogens (tertiary/aromatic N) is 3. The van der Waals surface area contributed by atoms with Gasteiger partial charge < -0.3 is 10.6 Å². The Morgan fingerprint density at radius 3 is 2.67 bits per heavy atom. The van der Waals surface area contributed by atoms with Crippen LogP contribution in [-0.4, -0.2) is 26.8 Å². The fourth-order valence-corrected chi connectivity index (χ4v) is 3.53. The van der Waals surface area contributed by atoms with Crippen molar-refractivity contribution in [2.24, 2.45) is 0 Å². The minimum atomic E-state index is -4.52. The first-order valence-electron chi connectivity index (χ1n) is 9.13. The maximum Gasteiger partial charge on any atom is 0.410 e. The highest BCUT2D eigenvalue weighted by molar-refractivity contribution is 6.32. The predicted octanol–water partition coefficient (Wildman–Crippen LogP) is 5.15. The summed E-state index contributed by atoms with van der Waals surface area (Å²) in [6.45, 7) is 1.91. The van der Waals surface area contributed by atoms with Gasteiger partial charge in [-0.2, -0.15) is 18.3 Å². The number of hydrogen-bond donors (Lipinski definition) is 2. The van der Waals surface area contributed by atoms with Gasteiger partial charge in [0.1, 0.15) is 5.82 Å². The second kappa shape index (κ2) is 7.64. The number of aromatic nitrogens is 3. The molecule has 1 aliphatic rings. The van der Waals surface area contributed by atoms with Gasteiger partial charge in [0.2, 0.25) is 0 Å². The van der Waals surface area contributed by atoms with Crippen LogP contribution in [0, 0.1) is 6.92 Å². The van der Waals surface area contributed by atoms with E-state index in [9.17, 15) is 18.0 Å². The average Bonchev–Trinajstić information content (AvgIpc) is 3.13. The molecule has 1 aromatic carbocycles. The topological polar surface area (TPSA) is 71.8 Å². The second-order valence-electron chi connectivity index (χ2n) is 7.06. The molecule has 0 fully saturated rings. The lowest BCUT2D eigenvalue weighted by Gasteiger charge is -2.33. The van der Waals surface area contributed by atoms with Gasteiger partial charge in [-0.25, -0.2) is 9.67 Å². The predicted molar refractivity (Wildman–Crippen MR) is 107 cm³/mol. The molecular weight excluding hydrogens is 419 g/mol. The first kappa shape index (κ1) is 20.2. The van der Waals surface area contributed by atoms with E-state index in [1.54, 1.807) is 18.2 Å². The first-order valence-corrected chi connectivity index (χ1v) is 9.51. The van der Waals surface area contributed by atoms with Gasteiger partial charge in [0.05, 0.1) is 11.7 Å². The van der Waals surface area contributed by atoms with Crippen LogP contribution in [0.1, 0.15) is 40.1 Å². The largest absolute Gasteiger partial charge is 0.410 e. The van der Waals surface area contributed by atoms with Crippen molar-refractivity contribution >= 4 is 29.0 Å². The Morgan fingerprint density at radius 2 is 2.00 bits per heavy atom.